The van der Waals surface area contributed by atoms with Crippen molar-refractivity contribution in [2.75, 3.05) is 0 Å². The molecule has 3 unspecified atom stereocenters. The summed E-state index contributed by atoms with van der Waals surface area (Å²) < 4.78 is 0. The minimum Gasteiger partial charge on any atom is -0.508 e. The van der Waals surface area contributed by atoms with Gasteiger partial charge in [-0.15, -0.1) is 0 Å². The number of phenolic OH excluding ortho intramolecular Hbond substituents is 1. The van der Waals surface area contributed by atoms with Crippen LogP contribution >= 0.6 is 0 Å². The molecule has 2 saturated carbocycles. The fraction of sp³-hybridized carbons (Fsp3) is 0.591. The predicted octanol–water partition coefficient (Wildman–Crippen LogP) is 5.01. The molecule has 1 aromatic rings. The molecule has 128 valence electrons. The third-order valence-corrected chi connectivity index (χ3v) is 6.88. The van der Waals surface area contributed by atoms with Gasteiger partial charge in [0.2, 0.25) is 0 Å². The second-order valence-electron chi connectivity index (χ2n) is 8.72. The van der Waals surface area contributed by atoms with Crippen LogP contribution in [0.25, 0.3) is 0 Å². The van der Waals surface area contributed by atoms with Gasteiger partial charge in [-0.3, -0.25) is 4.79 Å². The Hall–Kier alpha value is -1.57. The molecule has 2 nitrogen and oxygen atoms in total. The maximum atomic E-state index is 13.1. The van der Waals surface area contributed by atoms with Gasteiger partial charge in [0, 0.05) is 5.41 Å². The number of fused-ring (bicyclic) bond motifs is 5. The van der Waals surface area contributed by atoms with Crippen molar-refractivity contribution in [3.63, 3.8) is 0 Å². The van der Waals surface area contributed by atoms with Crippen molar-refractivity contribution in [1.82, 2.24) is 0 Å². The first-order valence-corrected chi connectivity index (χ1v) is 9.47. The second kappa shape index (κ2) is 5.47. The van der Waals surface area contributed by atoms with Crippen LogP contribution < -0.4 is 0 Å². The maximum Gasteiger partial charge on any atom is 0.164 e. The summed E-state index contributed by atoms with van der Waals surface area (Å²) in [6.45, 7) is 6.55. The Labute approximate surface area is 145 Å². The highest BCUT2D eigenvalue weighted by Gasteiger charge is 2.56. The summed E-state index contributed by atoms with van der Waals surface area (Å²) in [7, 11) is 0. The highest BCUT2D eigenvalue weighted by molar-refractivity contribution is 6.02. The molecule has 0 saturated heterocycles. The topological polar surface area (TPSA) is 37.3 Å². The zero-order valence-corrected chi connectivity index (χ0v) is 15.0. The molecule has 0 amide bonds. The summed E-state index contributed by atoms with van der Waals surface area (Å²) in [5.41, 5.74) is 3.70. The smallest absolute Gasteiger partial charge is 0.164 e. The zero-order valence-electron chi connectivity index (χ0n) is 15.0. The van der Waals surface area contributed by atoms with Gasteiger partial charge in [0.05, 0.1) is 0 Å². The van der Waals surface area contributed by atoms with Crippen molar-refractivity contribution in [2.24, 2.45) is 23.2 Å². The van der Waals surface area contributed by atoms with Crippen molar-refractivity contribution in [3.8, 4) is 5.75 Å². The Morgan fingerprint density at radius 3 is 2.83 bits per heavy atom. The van der Waals surface area contributed by atoms with Crippen molar-refractivity contribution in [3.05, 3.63) is 41.0 Å². The monoisotopic (exact) mass is 324 g/mol. The SMILES string of the molecule is CC(C)/C=C1\CC2C3CCc4cc(O)ccc4C3CC[C@]2(C)C1=O. The molecule has 3 aliphatic carbocycles. The van der Waals surface area contributed by atoms with E-state index in [0.717, 1.165) is 37.7 Å². The van der Waals surface area contributed by atoms with E-state index >= 15 is 0 Å². The molecule has 2 fully saturated rings. The van der Waals surface area contributed by atoms with Crippen molar-refractivity contribution >= 4 is 5.78 Å². The lowest BCUT2D eigenvalue weighted by atomic mass is 9.55. The Morgan fingerprint density at radius 2 is 2.08 bits per heavy atom. The Morgan fingerprint density at radius 1 is 1.29 bits per heavy atom. The van der Waals surface area contributed by atoms with Crippen LogP contribution in [0.15, 0.2) is 29.8 Å². The van der Waals surface area contributed by atoms with E-state index in [1.54, 1.807) is 0 Å². The molecule has 0 bridgehead atoms. The van der Waals surface area contributed by atoms with Crippen molar-refractivity contribution in [2.45, 2.75) is 58.8 Å². The van der Waals surface area contributed by atoms with Gasteiger partial charge < -0.3 is 5.11 Å². The van der Waals surface area contributed by atoms with E-state index in [0.29, 0.717) is 35.2 Å². The number of benzene rings is 1. The normalized spacial score (nSPS) is 36.6. The van der Waals surface area contributed by atoms with Gasteiger partial charge in [-0.25, -0.2) is 0 Å². The number of carbonyl (C=O) groups excluding carboxylic acids is 1. The van der Waals surface area contributed by atoms with Crippen LogP contribution in [0.4, 0.5) is 0 Å². The maximum absolute atomic E-state index is 13.1. The molecule has 0 spiro atoms. The first-order valence-electron chi connectivity index (χ1n) is 9.47. The summed E-state index contributed by atoms with van der Waals surface area (Å²) >= 11 is 0. The number of Topliss-reactive ketones (excluding diaryl/α,β-unsaturated/α-hetero) is 1. The fourth-order valence-corrected chi connectivity index (χ4v) is 5.79. The van der Waals surface area contributed by atoms with E-state index in [4.69, 9.17) is 0 Å². The van der Waals surface area contributed by atoms with Crippen LogP contribution in [0, 0.1) is 23.2 Å². The summed E-state index contributed by atoms with van der Waals surface area (Å²) in [4.78, 5) is 13.1. The largest absolute Gasteiger partial charge is 0.508 e. The minimum atomic E-state index is -0.143. The van der Waals surface area contributed by atoms with E-state index in [2.05, 4.69) is 32.9 Å². The van der Waals surface area contributed by atoms with E-state index in [-0.39, 0.29) is 5.41 Å². The van der Waals surface area contributed by atoms with E-state index in [9.17, 15) is 9.90 Å². The molecule has 1 N–H and O–H groups in total. The first-order chi connectivity index (χ1) is 11.4. The average molecular weight is 324 g/mol. The number of ketones is 1. The lowest BCUT2D eigenvalue weighted by Crippen LogP contribution is -2.42. The molecule has 0 aliphatic heterocycles. The molecule has 0 heterocycles. The molecule has 24 heavy (non-hydrogen) atoms. The number of hydrogen-bond acceptors (Lipinski definition) is 2. The molecule has 0 aromatic heterocycles. The second-order valence-corrected chi connectivity index (χ2v) is 8.72. The Bertz CT molecular complexity index is 715. The standard InChI is InChI=1S/C22H28O2/c1-13(2)10-15-12-20-19-6-4-14-11-16(23)5-7-17(14)18(19)8-9-22(20,3)21(15)24/h5,7,10-11,13,18-20,23H,4,6,8-9,12H2,1-3H3/b15-10+/t18?,19?,20?,22-/m0/s1. The highest BCUT2D eigenvalue weighted by atomic mass is 16.3. The van der Waals surface area contributed by atoms with E-state index < -0.39 is 0 Å². The Balaban J connectivity index is 1.70. The molecule has 4 atom stereocenters. The van der Waals surface area contributed by atoms with Crippen LogP contribution in [-0.2, 0) is 11.2 Å². The lowest BCUT2D eigenvalue weighted by Gasteiger charge is -2.48. The number of aryl methyl sites for hydroxylation is 1. The summed E-state index contributed by atoms with van der Waals surface area (Å²) in [5, 5.41) is 9.78. The average Bonchev–Trinajstić information content (AvgIpc) is 2.78. The fourth-order valence-electron chi connectivity index (χ4n) is 5.79. The Kier molecular flexibility index (Phi) is 3.63. The van der Waals surface area contributed by atoms with Crippen LogP contribution in [0.5, 0.6) is 5.75 Å². The lowest BCUT2D eigenvalue weighted by molar-refractivity contribution is -0.127. The predicted molar refractivity (Wildman–Crippen MR) is 96.0 cm³/mol. The first kappa shape index (κ1) is 15.9. The van der Waals surface area contributed by atoms with Gasteiger partial charge >= 0.3 is 0 Å². The van der Waals surface area contributed by atoms with Crippen LogP contribution in [0.1, 0.15) is 63.5 Å². The van der Waals surface area contributed by atoms with Gasteiger partial charge in [0.1, 0.15) is 5.75 Å². The molecule has 4 rings (SSSR count). The molecular weight excluding hydrogens is 296 g/mol. The number of aromatic hydroxyl groups is 1. The molecule has 3 aliphatic rings. The quantitative estimate of drug-likeness (QED) is 0.737. The summed E-state index contributed by atoms with van der Waals surface area (Å²) in [6, 6.07) is 5.91. The van der Waals surface area contributed by atoms with Crippen molar-refractivity contribution < 1.29 is 9.90 Å². The molecule has 0 radical (unpaired) electrons. The molecule has 2 heteroatoms. The van der Waals surface area contributed by atoms with E-state index in [1.807, 2.05) is 12.1 Å². The van der Waals surface area contributed by atoms with E-state index in [1.165, 1.54) is 11.1 Å². The third-order valence-electron chi connectivity index (χ3n) is 6.88. The van der Waals surface area contributed by atoms with Gasteiger partial charge in [-0.05, 0) is 84.6 Å². The summed E-state index contributed by atoms with van der Waals surface area (Å²) in [5.74, 6) is 2.93. The number of hydrogen-bond donors (Lipinski definition) is 1. The zero-order chi connectivity index (χ0) is 17.1. The number of rotatable bonds is 1. The van der Waals surface area contributed by atoms with Gasteiger partial charge in [-0.1, -0.05) is 32.9 Å². The van der Waals surface area contributed by atoms with Gasteiger partial charge in [0.15, 0.2) is 5.78 Å². The number of phenols is 1. The van der Waals surface area contributed by atoms with Gasteiger partial charge in [0.25, 0.3) is 0 Å². The van der Waals surface area contributed by atoms with Gasteiger partial charge in [-0.2, -0.15) is 0 Å². The minimum absolute atomic E-state index is 0.143. The molecular formula is C22H28O2. The van der Waals surface area contributed by atoms with Crippen LogP contribution in [0.2, 0.25) is 0 Å². The van der Waals surface area contributed by atoms with Crippen LogP contribution in [-0.4, -0.2) is 10.9 Å². The third kappa shape index (κ3) is 2.26. The molecule has 1 aromatic carbocycles. The number of allylic oxidation sites excluding steroid dienone is 2. The van der Waals surface area contributed by atoms with Crippen molar-refractivity contribution in [1.29, 1.82) is 0 Å². The number of carbonyl (C=O) groups is 1. The highest BCUT2D eigenvalue weighted by Crippen LogP contribution is 2.60. The van der Waals surface area contributed by atoms with Crippen LogP contribution in [0.3, 0.4) is 0 Å². The summed E-state index contributed by atoms with van der Waals surface area (Å²) in [6.07, 6.45) is 7.49.